The van der Waals surface area contributed by atoms with Crippen molar-refractivity contribution in [2.24, 2.45) is 5.92 Å². The predicted octanol–water partition coefficient (Wildman–Crippen LogP) is 3.98. The highest BCUT2D eigenvalue weighted by Gasteiger charge is 2.49. The molecule has 2 aliphatic rings. The van der Waals surface area contributed by atoms with E-state index < -0.39 is 16.0 Å². The molecule has 2 aliphatic heterocycles. The third kappa shape index (κ3) is 6.40. The van der Waals surface area contributed by atoms with Crippen LogP contribution in [0, 0.1) is 5.92 Å². The summed E-state index contributed by atoms with van der Waals surface area (Å²) in [5.74, 6) is -0.704. The number of unbranched alkanes of at least 4 members (excludes halogenated alkanes) is 1. The number of allylic oxidation sites excluding steroid dienone is 2. The van der Waals surface area contributed by atoms with E-state index in [-0.39, 0.29) is 30.6 Å². The number of carbonyl (C=O) groups is 1. The number of carboxylic acid groups (broad SMARTS) is 1. The van der Waals surface area contributed by atoms with Crippen LogP contribution in [0.1, 0.15) is 44.1 Å². The largest absolute Gasteiger partial charge is 0.481 e. The van der Waals surface area contributed by atoms with Gasteiger partial charge in [0.05, 0.1) is 18.2 Å². The van der Waals surface area contributed by atoms with Crippen molar-refractivity contribution < 1.29 is 23.1 Å². The number of hydrogen-bond donors (Lipinski definition) is 2. The zero-order valence-electron chi connectivity index (χ0n) is 16.0. The van der Waals surface area contributed by atoms with Gasteiger partial charge in [-0.15, -0.1) is 0 Å². The second-order valence-electron chi connectivity index (χ2n) is 7.49. The van der Waals surface area contributed by atoms with E-state index in [4.69, 9.17) is 21.4 Å². The van der Waals surface area contributed by atoms with Crippen LogP contribution in [0.4, 0.5) is 0 Å². The Morgan fingerprint density at radius 1 is 1.21 bits per heavy atom. The summed E-state index contributed by atoms with van der Waals surface area (Å²) in [6.45, 7) is 0. The third-order valence-corrected chi connectivity index (χ3v) is 6.72. The van der Waals surface area contributed by atoms with Gasteiger partial charge in [-0.05, 0) is 55.9 Å². The summed E-state index contributed by atoms with van der Waals surface area (Å²) in [5, 5.41) is 10.4. The number of nitrogens with one attached hydrogen (secondary N) is 1. The molecule has 0 aliphatic carbocycles. The summed E-state index contributed by atoms with van der Waals surface area (Å²) in [4.78, 5) is 10.5. The second kappa shape index (κ2) is 9.89. The fraction of sp³-hybridized carbons (Fsp3) is 0.476. The SMILES string of the molecule is O=C(O)CCCC=CCC1C2CCC(O2)C1NS(=O)(=O)C=Cc1ccc(Cl)cc1. The highest BCUT2D eigenvalue weighted by atomic mass is 35.5. The van der Waals surface area contributed by atoms with Gasteiger partial charge >= 0.3 is 5.97 Å². The van der Waals surface area contributed by atoms with Crippen molar-refractivity contribution in [2.45, 2.75) is 56.8 Å². The molecule has 8 heteroatoms. The van der Waals surface area contributed by atoms with Crippen LogP contribution < -0.4 is 4.72 Å². The van der Waals surface area contributed by atoms with E-state index in [1.165, 1.54) is 5.41 Å². The minimum absolute atomic E-state index is 0.0663. The first-order valence-electron chi connectivity index (χ1n) is 9.82. The number of ether oxygens (including phenoxy) is 1. The van der Waals surface area contributed by atoms with Gasteiger partial charge in [0.1, 0.15) is 0 Å². The van der Waals surface area contributed by atoms with Gasteiger partial charge in [-0.25, -0.2) is 13.1 Å². The van der Waals surface area contributed by atoms with Gasteiger partial charge in [0.2, 0.25) is 10.0 Å². The maximum atomic E-state index is 12.6. The van der Waals surface area contributed by atoms with E-state index >= 15 is 0 Å². The molecule has 0 saturated carbocycles. The van der Waals surface area contributed by atoms with E-state index in [9.17, 15) is 13.2 Å². The molecule has 2 N–H and O–H groups in total. The van der Waals surface area contributed by atoms with Gasteiger partial charge in [-0.3, -0.25) is 4.79 Å². The van der Waals surface area contributed by atoms with E-state index in [1.807, 2.05) is 12.2 Å². The highest BCUT2D eigenvalue weighted by molar-refractivity contribution is 7.92. The van der Waals surface area contributed by atoms with E-state index in [1.54, 1.807) is 30.3 Å². The standard InChI is InChI=1S/C21H26ClNO5S/c22-16-9-7-15(8-10-16)13-14-29(26,27)23-21-17(18-11-12-19(21)28-18)5-3-1-2-4-6-20(24)25/h1,3,7-10,13-14,17-19,21,23H,2,4-6,11-12H2,(H,24,25). The zero-order chi connectivity index (χ0) is 20.9. The Morgan fingerprint density at radius 3 is 2.66 bits per heavy atom. The molecule has 3 rings (SSSR count). The maximum absolute atomic E-state index is 12.6. The molecule has 0 aromatic heterocycles. The molecule has 29 heavy (non-hydrogen) atoms. The molecule has 2 heterocycles. The lowest BCUT2D eigenvalue weighted by Gasteiger charge is -2.27. The molecular formula is C21H26ClNO5S. The molecule has 1 aromatic carbocycles. The number of hydrogen-bond acceptors (Lipinski definition) is 4. The average molecular weight is 440 g/mol. The summed E-state index contributed by atoms with van der Waals surface area (Å²) in [6, 6.07) is 6.69. The van der Waals surface area contributed by atoms with Gasteiger partial charge < -0.3 is 9.84 Å². The molecule has 0 radical (unpaired) electrons. The van der Waals surface area contributed by atoms with Crippen LogP contribution in [-0.4, -0.2) is 37.7 Å². The van der Waals surface area contributed by atoms with Crippen molar-refractivity contribution in [2.75, 3.05) is 0 Å². The number of fused-ring (bicyclic) bond motifs is 2. The molecule has 2 bridgehead atoms. The molecule has 6 nitrogen and oxygen atoms in total. The molecule has 0 spiro atoms. The molecule has 0 amide bonds. The molecular weight excluding hydrogens is 414 g/mol. The van der Waals surface area contributed by atoms with E-state index in [0.717, 1.165) is 18.4 Å². The van der Waals surface area contributed by atoms with Gasteiger partial charge in [0.25, 0.3) is 0 Å². The van der Waals surface area contributed by atoms with Gasteiger partial charge in [-0.1, -0.05) is 35.9 Å². The quantitative estimate of drug-likeness (QED) is 0.425. The molecule has 4 unspecified atom stereocenters. The van der Waals surface area contributed by atoms with Crippen molar-refractivity contribution in [1.29, 1.82) is 0 Å². The lowest BCUT2D eigenvalue weighted by atomic mass is 9.83. The predicted molar refractivity (Wildman–Crippen MR) is 113 cm³/mol. The van der Waals surface area contributed by atoms with Crippen LogP contribution >= 0.6 is 11.6 Å². The maximum Gasteiger partial charge on any atom is 0.303 e. The molecule has 2 fully saturated rings. The van der Waals surface area contributed by atoms with Crippen LogP contribution in [0.25, 0.3) is 6.08 Å². The van der Waals surface area contributed by atoms with Crippen LogP contribution in [0.5, 0.6) is 0 Å². The Kier molecular flexibility index (Phi) is 7.51. The van der Waals surface area contributed by atoms with E-state index in [2.05, 4.69) is 4.72 Å². The summed E-state index contributed by atoms with van der Waals surface area (Å²) in [6.07, 6.45) is 9.48. The van der Waals surface area contributed by atoms with Crippen molar-refractivity contribution in [3.8, 4) is 0 Å². The van der Waals surface area contributed by atoms with Gasteiger partial charge in [0.15, 0.2) is 0 Å². The molecule has 1 aromatic rings. The monoisotopic (exact) mass is 439 g/mol. The van der Waals surface area contributed by atoms with Crippen molar-refractivity contribution in [3.63, 3.8) is 0 Å². The van der Waals surface area contributed by atoms with Crippen molar-refractivity contribution >= 4 is 33.7 Å². The molecule has 4 atom stereocenters. The lowest BCUT2D eigenvalue weighted by molar-refractivity contribution is -0.137. The average Bonchev–Trinajstić information content (AvgIpc) is 3.26. The third-order valence-electron chi connectivity index (χ3n) is 5.37. The minimum atomic E-state index is -3.61. The summed E-state index contributed by atoms with van der Waals surface area (Å²) in [5.41, 5.74) is 0.754. The highest BCUT2D eigenvalue weighted by Crippen LogP contribution is 2.41. The van der Waals surface area contributed by atoms with Gasteiger partial charge in [-0.2, -0.15) is 0 Å². The Bertz CT molecular complexity index is 866. The van der Waals surface area contributed by atoms with E-state index in [0.29, 0.717) is 24.3 Å². The van der Waals surface area contributed by atoms with Crippen LogP contribution in [0.2, 0.25) is 5.02 Å². The number of sulfonamides is 1. The smallest absolute Gasteiger partial charge is 0.303 e. The fourth-order valence-corrected chi connectivity index (χ4v) is 5.20. The Labute approximate surface area is 176 Å². The number of benzene rings is 1. The van der Waals surface area contributed by atoms with Crippen molar-refractivity contribution in [1.82, 2.24) is 4.72 Å². The minimum Gasteiger partial charge on any atom is -0.481 e. The number of halogens is 1. The second-order valence-corrected chi connectivity index (χ2v) is 9.52. The first kappa shape index (κ1) is 22.0. The Morgan fingerprint density at radius 2 is 1.93 bits per heavy atom. The van der Waals surface area contributed by atoms with Crippen LogP contribution in [0.15, 0.2) is 41.8 Å². The lowest BCUT2D eigenvalue weighted by Crippen LogP contribution is -2.46. The summed E-state index contributed by atoms with van der Waals surface area (Å²) in [7, 11) is -3.61. The Balaban J connectivity index is 1.58. The zero-order valence-corrected chi connectivity index (χ0v) is 17.6. The summed E-state index contributed by atoms with van der Waals surface area (Å²) < 4.78 is 33.9. The van der Waals surface area contributed by atoms with Crippen molar-refractivity contribution in [3.05, 3.63) is 52.4 Å². The van der Waals surface area contributed by atoms with Gasteiger partial charge in [0, 0.05) is 22.8 Å². The topological polar surface area (TPSA) is 92.7 Å². The van der Waals surface area contributed by atoms with Crippen LogP contribution in [0.3, 0.4) is 0 Å². The fourth-order valence-electron chi connectivity index (χ4n) is 3.95. The number of carboxylic acids is 1. The normalized spacial score (nSPS) is 26.7. The molecule has 158 valence electrons. The first-order chi connectivity index (χ1) is 13.8. The Hall–Kier alpha value is -1.67. The van der Waals surface area contributed by atoms with Crippen LogP contribution in [-0.2, 0) is 19.6 Å². The summed E-state index contributed by atoms with van der Waals surface area (Å²) >= 11 is 5.85. The molecule has 2 saturated heterocycles. The number of aliphatic carboxylic acids is 1. The first-order valence-corrected chi connectivity index (χ1v) is 11.7. The number of rotatable bonds is 10.